The number of pyridine rings is 1. The van der Waals surface area contributed by atoms with E-state index in [1.54, 1.807) is 6.20 Å². The SMILES string of the molecule is Clc1ccc2c(c1)C(c1ccccc1Cl)=NCc1cnc(-c3ccccn3)nc1-2. The van der Waals surface area contributed by atoms with Crippen molar-refractivity contribution in [3.05, 3.63) is 99.8 Å². The number of fused-ring (bicyclic) bond motifs is 3. The van der Waals surface area contributed by atoms with E-state index in [1.165, 1.54) is 0 Å². The van der Waals surface area contributed by atoms with Gasteiger partial charge in [0, 0.05) is 44.7 Å². The molecule has 29 heavy (non-hydrogen) atoms. The zero-order valence-electron chi connectivity index (χ0n) is 15.2. The number of aliphatic imine (C=N–C) groups is 1. The van der Waals surface area contributed by atoms with Crippen molar-refractivity contribution in [2.75, 3.05) is 0 Å². The Bertz CT molecular complexity index is 1250. The number of nitrogens with zero attached hydrogens (tertiary/aromatic N) is 4. The van der Waals surface area contributed by atoms with E-state index in [1.807, 2.05) is 66.9 Å². The third-order valence-corrected chi connectivity index (χ3v) is 5.35. The van der Waals surface area contributed by atoms with Gasteiger partial charge in [-0.25, -0.2) is 9.97 Å². The molecule has 2 aromatic heterocycles. The molecule has 0 saturated heterocycles. The third-order valence-electron chi connectivity index (χ3n) is 4.79. The Morgan fingerprint density at radius 2 is 1.66 bits per heavy atom. The van der Waals surface area contributed by atoms with Crippen molar-refractivity contribution in [1.82, 2.24) is 15.0 Å². The minimum absolute atomic E-state index is 0.449. The van der Waals surface area contributed by atoms with Crippen LogP contribution in [0.1, 0.15) is 16.7 Å². The quantitative estimate of drug-likeness (QED) is 0.410. The summed E-state index contributed by atoms with van der Waals surface area (Å²) in [6.07, 6.45) is 3.56. The van der Waals surface area contributed by atoms with Crippen LogP contribution in [0.4, 0.5) is 0 Å². The van der Waals surface area contributed by atoms with Gasteiger partial charge in [-0.05, 0) is 30.3 Å². The van der Waals surface area contributed by atoms with Crippen molar-refractivity contribution in [3.63, 3.8) is 0 Å². The Kier molecular flexibility index (Phi) is 4.58. The highest BCUT2D eigenvalue weighted by Crippen LogP contribution is 2.35. The summed E-state index contributed by atoms with van der Waals surface area (Å²) in [6.45, 7) is 0.449. The molecule has 4 nitrogen and oxygen atoms in total. The molecule has 0 radical (unpaired) electrons. The average Bonchev–Trinajstić information content (AvgIpc) is 2.91. The fourth-order valence-electron chi connectivity index (χ4n) is 3.43. The average molecular weight is 417 g/mol. The number of rotatable bonds is 2. The summed E-state index contributed by atoms with van der Waals surface area (Å²) in [5, 5.41) is 1.27. The van der Waals surface area contributed by atoms with Crippen LogP contribution < -0.4 is 0 Å². The third kappa shape index (κ3) is 3.31. The molecule has 0 spiro atoms. The van der Waals surface area contributed by atoms with Crippen molar-refractivity contribution < 1.29 is 0 Å². The molecule has 3 heterocycles. The number of aromatic nitrogens is 3. The molecule has 0 bridgehead atoms. The van der Waals surface area contributed by atoms with Crippen molar-refractivity contribution in [1.29, 1.82) is 0 Å². The molecule has 1 aliphatic heterocycles. The maximum absolute atomic E-state index is 6.48. The van der Waals surface area contributed by atoms with Gasteiger partial charge in [0.1, 0.15) is 5.69 Å². The van der Waals surface area contributed by atoms with Crippen LogP contribution >= 0.6 is 23.2 Å². The summed E-state index contributed by atoms with van der Waals surface area (Å²) in [5.74, 6) is 0.575. The highest BCUT2D eigenvalue weighted by atomic mass is 35.5. The molecular weight excluding hydrogens is 403 g/mol. The van der Waals surface area contributed by atoms with E-state index in [9.17, 15) is 0 Å². The summed E-state index contributed by atoms with van der Waals surface area (Å²) in [4.78, 5) is 18.6. The minimum Gasteiger partial charge on any atom is -0.279 e. The van der Waals surface area contributed by atoms with Crippen LogP contribution in [0, 0.1) is 0 Å². The summed E-state index contributed by atoms with van der Waals surface area (Å²) < 4.78 is 0. The van der Waals surface area contributed by atoms with Gasteiger partial charge in [-0.2, -0.15) is 0 Å². The van der Waals surface area contributed by atoms with E-state index in [4.69, 9.17) is 33.2 Å². The van der Waals surface area contributed by atoms with Gasteiger partial charge in [-0.1, -0.05) is 53.5 Å². The van der Waals surface area contributed by atoms with E-state index in [-0.39, 0.29) is 0 Å². The van der Waals surface area contributed by atoms with E-state index >= 15 is 0 Å². The summed E-state index contributed by atoms with van der Waals surface area (Å²) in [7, 11) is 0. The van der Waals surface area contributed by atoms with Gasteiger partial charge in [-0.15, -0.1) is 0 Å². The fourth-order valence-corrected chi connectivity index (χ4v) is 3.82. The van der Waals surface area contributed by atoms with Crippen molar-refractivity contribution in [3.8, 4) is 22.8 Å². The Morgan fingerprint density at radius 1 is 0.793 bits per heavy atom. The van der Waals surface area contributed by atoms with Gasteiger partial charge in [0.2, 0.25) is 0 Å². The molecule has 1 aliphatic rings. The Labute approximate surface area is 177 Å². The Hall–Kier alpha value is -3.08. The first-order chi connectivity index (χ1) is 14.2. The maximum Gasteiger partial charge on any atom is 0.178 e. The van der Waals surface area contributed by atoms with Crippen molar-refractivity contribution in [2.45, 2.75) is 6.54 Å². The number of benzene rings is 2. The van der Waals surface area contributed by atoms with Gasteiger partial charge >= 0.3 is 0 Å². The molecule has 140 valence electrons. The monoisotopic (exact) mass is 416 g/mol. The van der Waals surface area contributed by atoms with Crippen LogP contribution in [0.15, 0.2) is 78.0 Å². The van der Waals surface area contributed by atoms with Crippen molar-refractivity contribution in [2.24, 2.45) is 4.99 Å². The smallest absolute Gasteiger partial charge is 0.178 e. The van der Waals surface area contributed by atoms with Crippen LogP contribution in [0.25, 0.3) is 22.8 Å². The molecule has 4 aromatic rings. The lowest BCUT2D eigenvalue weighted by atomic mass is 9.95. The zero-order chi connectivity index (χ0) is 19.8. The summed E-state index contributed by atoms with van der Waals surface area (Å²) in [5.41, 5.74) is 6.00. The summed E-state index contributed by atoms with van der Waals surface area (Å²) in [6, 6.07) is 19.1. The number of hydrogen-bond acceptors (Lipinski definition) is 4. The highest BCUT2D eigenvalue weighted by molar-refractivity contribution is 6.36. The lowest BCUT2D eigenvalue weighted by Crippen LogP contribution is -2.05. The van der Waals surface area contributed by atoms with Crippen LogP contribution in [0.2, 0.25) is 10.0 Å². The molecule has 5 rings (SSSR count). The topological polar surface area (TPSA) is 51.0 Å². The predicted molar refractivity (Wildman–Crippen MR) is 117 cm³/mol. The number of hydrogen-bond donors (Lipinski definition) is 0. The first-order valence-corrected chi connectivity index (χ1v) is 9.83. The molecule has 0 amide bonds. The Morgan fingerprint density at radius 3 is 2.48 bits per heavy atom. The standard InChI is InChI=1S/C23H14Cl2N4/c24-15-8-9-16-18(11-15)22(17-5-1-2-6-19(17)25)27-12-14-13-28-23(29-21(14)16)20-7-3-4-10-26-20/h1-11,13H,12H2. The van der Waals surface area contributed by atoms with Gasteiger partial charge in [0.25, 0.3) is 0 Å². The second-order valence-electron chi connectivity index (χ2n) is 6.62. The molecule has 0 aliphatic carbocycles. The van der Waals surface area contributed by atoms with Gasteiger partial charge in [0.05, 0.1) is 18.0 Å². The van der Waals surface area contributed by atoms with Crippen LogP contribution in [0.3, 0.4) is 0 Å². The van der Waals surface area contributed by atoms with E-state index in [2.05, 4.69) is 9.97 Å². The number of halogens is 2. The lowest BCUT2D eigenvalue weighted by Gasteiger charge is -2.13. The minimum atomic E-state index is 0.449. The largest absolute Gasteiger partial charge is 0.279 e. The highest BCUT2D eigenvalue weighted by Gasteiger charge is 2.22. The molecule has 0 N–H and O–H groups in total. The molecular formula is C23H14Cl2N4. The first kappa shape index (κ1) is 18.0. The van der Waals surface area contributed by atoms with Crippen LogP contribution in [-0.2, 0) is 6.54 Å². The molecule has 6 heteroatoms. The van der Waals surface area contributed by atoms with Crippen LogP contribution in [-0.4, -0.2) is 20.7 Å². The molecule has 0 atom stereocenters. The molecule has 0 saturated carbocycles. The van der Waals surface area contributed by atoms with E-state index < -0.39 is 0 Å². The fraction of sp³-hybridized carbons (Fsp3) is 0.0435. The van der Waals surface area contributed by atoms with E-state index in [0.717, 1.165) is 39.4 Å². The van der Waals surface area contributed by atoms with Crippen molar-refractivity contribution >= 4 is 28.9 Å². The predicted octanol–water partition coefficient (Wildman–Crippen LogP) is 5.86. The second kappa shape index (κ2) is 7.39. The lowest BCUT2D eigenvalue weighted by molar-refractivity contribution is 1.02. The van der Waals surface area contributed by atoms with Gasteiger partial charge in [-0.3, -0.25) is 9.98 Å². The molecule has 0 fully saturated rings. The molecule has 0 unspecified atom stereocenters. The maximum atomic E-state index is 6.48. The zero-order valence-corrected chi connectivity index (χ0v) is 16.7. The normalized spacial score (nSPS) is 12.6. The Balaban J connectivity index is 1.73. The van der Waals surface area contributed by atoms with E-state index in [0.29, 0.717) is 22.4 Å². The van der Waals surface area contributed by atoms with Crippen LogP contribution in [0.5, 0.6) is 0 Å². The summed E-state index contributed by atoms with van der Waals surface area (Å²) >= 11 is 12.8. The molecule has 2 aromatic carbocycles. The first-order valence-electron chi connectivity index (χ1n) is 9.07. The van der Waals surface area contributed by atoms with Gasteiger partial charge in [0.15, 0.2) is 5.82 Å². The van der Waals surface area contributed by atoms with Gasteiger partial charge < -0.3 is 0 Å². The second-order valence-corrected chi connectivity index (χ2v) is 7.46.